The van der Waals surface area contributed by atoms with Gasteiger partial charge in [-0.1, -0.05) is 67.6 Å². The summed E-state index contributed by atoms with van der Waals surface area (Å²) in [5.74, 6) is -0.689. The largest absolute Gasteiger partial charge is 0.771 e. The molecule has 0 aliphatic rings. The topological polar surface area (TPSA) is 80.3 Å². The molecular formula is C16H16O4S2-2. The van der Waals surface area contributed by atoms with Crippen LogP contribution in [0.2, 0.25) is 0 Å². The van der Waals surface area contributed by atoms with E-state index in [1.54, 1.807) is 67.6 Å². The summed E-state index contributed by atoms with van der Waals surface area (Å²) in [6, 6.07) is 17.6. The van der Waals surface area contributed by atoms with Crippen molar-refractivity contribution >= 4 is 22.2 Å². The van der Waals surface area contributed by atoms with E-state index in [-0.39, 0.29) is 6.42 Å². The first-order valence-electron chi connectivity index (χ1n) is 6.76. The van der Waals surface area contributed by atoms with Gasteiger partial charge in [-0.15, -0.1) is 0 Å². The highest BCUT2D eigenvalue weighted by Gasteiger charge is 2.40. The predicted molar refractivity (Wildman–Crippen MR) is 85.6 cm³/mol. The molecule has 0 saturated carbocycles. The van der Waals surface area contributed by atoms with Gasteiger partial charge in [0.25, 0.3) is 0 Å². The molecular weight excluding hydrogens is 320 g/mol. The molecule has 118 valence electrons. The first kappa shape index (κ1) is 17.0. The first-order valence-corrected chi connectivity index (χ1v) is 8.91. The Morgan fingerprint density at radius 3 is 1.82 bits per heavy atom. The van der Waals surface area contributed by atoms with E-state index in [9.17, 15) is 17.5 Å². The molecule has 6 heteroatoms. The monoisotopic (exact) mass is 336 g/mol. The van der Waals surface area contributed by atoms with E-state index >= 15 is 0 Å². The van der Waals surface area contributed by atoms with Crippen LogP contribution < -0.4 is 0 Å². The molecule has 3 unspecified atom stereocenters. The zero-order chi connectivity index (χ0) is 16.2. The molecule has 0 N–H and O–H groups in total. The second kappa shape index (κ2) is 7.28. The molecule has 0 aromatic heterocycles. The fourth-order valence-electron chi connectivity index (χ4n) is 2.49. The van der Waals surface area contributed by atoms with Gasteiger partial charge < -0.3 is 9.11 Å². The highest BCUT2D eigenvalue weighted by Crippen LogP contribution is 2.37. The molecule has 0 fully saturated rings. The maximum atomic E-state index is 11.9. The summed E-state index contributed by atoms with van der Waals surface area (Å²) in [5, 5.41) is 0. The summed E-state index contributed by atoms with van der Waals surface area (Å²) in [6.07, 6.45) is -0.0872. The number of benzene rings is 2. The molecule has 0 spiro atoms. The van der Waals surface area contributed by atoms with E-state index in [2.05, 4.69) is 0 Å². The minimum atomic E-state index is -2.79. The molecule has 0 aliphatic carbocycles. The average Bonchev–Trinajstić information content (AvgIpc) is 2.53. The van der Waals surface area contributed by atoms with Crippen LogP contribution in [0.15, 0.2) is 60.7 Å². The molecule has 0 aliphatic heterocycles. The van der Waals surface area contributed by atoms with Gasteiger partial charge in [0.15, 0.2) is 0 Å². The van der Waals surface area contributed by atoms with Crippen LogP contribution in [0.25, 0.3) is 0 Å². The molecule has 0 heterocycles. The van der Waals surface area contributed by atoms with Gasteiger partial charge in [0.05, 0.1) is 0 Å². The maximum absolute atomic E-state index is 11.9. The molecule has 0 saturated heterocycles. The summed E-state index contributed by atoms with van der Waals surface area (Å²) < 4.78 is 45.7. The van der Waals surface area contributed by atoms with Gasteiger partial charge in [0, 0.05) is 5.92 Å². The van der Waals surface area contributed by atoms with Crippen LogP contribution in [0.1, 0.15) is 24.0 Å². The van der Waals surface area contributed by atoms with Crippen molar-refractivity contribution in [3.05, 3.63) is 71.8 Å². The van der Waals surface area contributed by atoms with Crippen molar-refractivity contribution in [1.82, 2.24) is 0 Å². The Bertz CT molecular complexity index is 644. The minimum absolute atomic E-state index is 0.0872. The van der Waals surface area contributed by atoms with Crippen LogP contribution >= 0.6 is 0 Å². The second-order valence-electron chi connectivity index (χ2n) is 5.08. The standard InChI is InChI=1S/C16H18O4S2/c1-13(15-10-6-3-7-11-15)16(21(17)18,22(19)20)12-14-8-4-2-5-9-14/h2-11,13H,12H2,1H3,(H,17,18)(H,19,20)/p-2. The van der Waals surface area contributed by atoms with E-state index < -0.39 is 32.2 Å². The first-order chi connectivity index (χ1) is 10.5. The molecule has 0 radical (unpaired) electrons. The number of hydrogen-bond donors (Lipinski definition) is 0. The summed E-state index contributed by atoms with van der Waals surface area (Å²) in [5.41, 5.74) is 1.34. The van der Waals surface area contributed by atoms with Crippen molar-refractivity contribution in [2.24, 2.45) is 0 Å². The van der Waals surface area contributed by atoms with Gasteiger partial charge in [-0.3, -0.25) is 8.42 Å². The fraction of sp³-hybridized carbons (Fsp3) is 0.250. The van der Waals surface area contributed by atoms with Crippen molar-refractivity contribution in [1.29, 1.82) is 0 Å². The Balaban J connectivity index is 2.50. The summed E-state index contributed by atoms with van der Waals surface area (Å²) >= 11 is -5.57. The van der Waals surface area contributed by atoms with Crippen LogP contribution in [-0.4, -0.2) is 21.6 Å². The lowest BCUT2D eigenvalue weighted by atomic mass is 9.93. The summed E-state index contributed by atoms with van der Waals surface area (Å²) in [7, 11) is 0. The molecule has 2 rings (SSSR count). The van der Waals surface area contributed by atoms with Crippen molar-refractivity contribution in [2.75, 3.05) is 0 Å². The van der Waals surface area contributed by atoms with E-state index in [4.69, 9.17) is 0 Å². The predicted octanol–water partition coefficient (Wildman–Crippen LogP) is 2.49. The normalized spacial score (nSPS) is 18.1. The van der Waals surface area contributed by atoms with Gasteiger partial charge in [0.2, 0.25) is 0 Å². The van der Waals surface area contributed by atoms with E-state index in [1.165, 1.54) is 0 Å². The van der Waals surface area contributed by atoms with Crippen LogP contribution in [0, 0.1) is 0 Å². The third kappa shape index (κ3) is 3.35. The third-order valence-corrected chi connectivity index (χ3v) is 6.76. The van der Waals surface area contributed by atoms with Crippen LogP contribution in [0.5, 0.6) is 0 Å². The van der Waals surface area contributed by atoms with Gasteiger partial charge in [-0.25, -0.2) is 0 Å². The molecule has 3 atom stereocenters. The number of rotatable bonds is 6. The van der Waals surface area contributed by atoms with Crippen molar-refractivity contribution < 1.29 is 17.5 Å². The lowest BCUT2D eigenvalue weighted by Gasteiger charge is -2.42. The van der Waals surface area contributed by atoms with Gasteiger partial charge >= 0.3 is 0 Å². The minimum Gasteiger partial charge on any atom is -0.771 e. The lowest BCUT2D eigenvalue weighted by Crippen LogP contribution is -2.46. The Morgan fingerprint density at radius 1 is 0.909 bits per heavy atom. The van der Waals surface area contributed by atoms with Crippen LogP contribution in [0.4, 0.5) is 0 Å². The Morgan fingerprint density at radius 2 is 1.36 bits per heavy atom. The van der Waals surface area contributed by atoms with Crippen LogP contribution in [0.3, 0.4) is 0 Å². The summed E-state index contributed by atoms with van der Waals surface area (Å²) in [6.45, 7) is 1.63. The Hall–Kier alpha value is -1.34. The quantitative estimate of drug-likeness (QED) is 0.759. The van der Waals surface area contributed by atoms with Crippen LogP contribution in [-0.2, 0) is 28.6 Å². The number of hydrogen-bond acceptors (Lipinski definition) is 4. The molecule has 4 nitrogen and oxygen atoms in total. The summed E-state index contributed by atoms with van der Waals surface area (Å²) in [4.78, 5) is 0. The maximum Gasteiger partial charge on any atom is 0.105 e. The van der Waals surface area contributed by atoms with Crippen molar-refractivity contribution in [3.63, 3.8) is 0 Å². The molecule has 2 aromatic carbocycles. The van der Waals surface area contributed by atoms with Gasteiger partial charge in [-0.2, -0.15) is 0 Å². The van der Waals surface area contributed by atoms with Crippen molar-refractivity contribution in [2.45, 2.75) is 23.3 Å². The lowest BCUT2D eigenvalue weighted by molar-refractivity contribution is 0.454. The molecule has 0 amide bonds. The van der Waals surface area contributed by atoms with E-state index in [0.717, 1.165) is 0 Å². The zero-order valence-corrected chi connectivity index (χ0v) is 13.6. The van der Waals surface area contributed by atoms with Crippen molar-refractivity contribution in [3.8, 4) is 0 Å². The van der Waals surface area contributed by atoms with Gasteiger partial charge in [-0.05, 0) is 39.7 Å². The molecule has 2 aromatic rings. The second-order valence-corrected chi connectivity index (χ2v) is 7.73. The Labute approximate surface area is 135 Å². The molecule has 0 bridgehead atoms. The zero-order valence-electron chi connectivity index (χ0n) is 12.0. The van der Waals surface area contributed by atoms with E-state index in [1.807, 2.05) is 0 Å². The SMILES string of the molecule is CC(c1ccccc1)C(Cc1ccccc1)(S(=O)[O-])S(=O)[O-]. The fourth-order valence-corrected chi connectivity index (χ4v) is 4.35. The molecule has 22 heavy (non-hydrogen) atoms. The van der Waals surface area contributed by atoms with E-state index in [0.29, 0.717) is 11.1 Å². The van der Waals surface area contributed by atoms with Gasteiger partial charge in [0.1, 0.15) is 4.08 Å². The average molecular weight is 336 g/mol. The third-order valence-electron chi connectivity index (χ3n) is 3.82. The highest BCUT2D eigenvalue weighted by molar-refractivity contribution is 7.99. The highest BCUT2D eigenvalue weighted by atomic mass is 32.3. The Kier molecular flexibility index (Phi) is 5.63. The smallest absolute Gasteiger partial charge is 0.105 e.